The summed E-state index contributed by atoms with van der Waals surface area (Å²) in [4.78, 5) is 2.32. The van der Waals surface area contributed by atoms with Crippen molar-refractivity contribution >= 4 is 0 Å². The minimum Gasteiger partial charge on any atom is -0.307 e. The molecule has 0 heterocycles. The molecule has 0 radical (unpaired) electrons. The number of hydrogen-bond acceptors (Lipinski definition) is 1. The van der Waals surface area contributed by atoms with Crippen LogP contribution in [0.3, 0.4) is 0 Å². The van der Waals surface area contributed by atoms with Gasteiger partial charge in [-0.3, -0.25) is 0 Å². The van der Waals surface area contributed by atoms with E-state index in [-0.39, 0.29) is 5.82 Å². The average Bonchev–Trinajstić information content (AvgIpc) is 2.29. The number of benzene rings is 1. The Kier molecular flexibility index (Phi) is 5.47. The van der Waals surface area contributed by atoms with Gasteiger partial charge in [0.1, 0.15) is 5.82 Å². The van der Waals surface area contributed by atoms with E-state index in [1.165, 1.54) is 12.0 Å². The van der Waals surface area contributed by atoms with Crippen molar-refractivity contribution in [3.63, 3.8) is 0 Å². The fourth-order valence-electron chi connectivity index (χ4n) is 1.78. The maximum atomic E-state index is 12.7. The molecule has 0 amide bonds. The summed E-state index contributed by atoms with van der Waals surface area (Å²) in [5.41, 5.74) is 1.24. The molecule has 0 saturated heterocycles. The molecule has 0 saturated carbocycles. The zero-order valence-corrected chi connectivity index (χ0v) is 10.5. The van der Waals surface area contributed by atoms with Crippen LogP contribution in [0.4, 0.5) is 4.39 Å². The van der Waals surface area contributed by atoms with Crippen molar-refractivity contribution in [3.8, 4) is 0 Å². The van der Waals surface area contributed by atoms with Gasteiger partial charge < -0.3 is 4.90 Å². The molecule has 1 aromatic rings. The summed E-state index contributed by atoms with van der Waals surface area (Å²) in [6.07, 6.45) is 2.36. The van der Waals surface area contributed by atoms with Gasteiger partial charge in [-0.15, -0.1) is 0 Å². The predicted molar refractivity (Wildman–Crippen MR) is 67.2 cm³/mol. The molecule has 2 heteroatoms. The molecule has 0 bridgehead atoms. The van der Waals surface area contributed by atoms with Crippen LogP contribution in [0.15, 0.2) is 24.3 Å². The van der Waals surface area contributed by atoms with Crippen LogP contribution in [-0.2, 0) is 0 Å². The van der Waals surface area contributed by atoms with E-state index in [9.17, 15) is 4.39 Å². The summed E-state index contributed by atoms with van der Waals surface area (Å²) < 4.78 is 12.7. The van der Waals surface area contributed by atoms with Gasteiger partial charge >= 0.3 is 0 Å². The van der Waals surface area contributed by atoms with Gasteiger partial charge in [0.25, 0.3) is 0 Å². The molecule has 1 nitrogen and oxygen atoms in total. The second-order valence-corrected chi connectivity index (χ2v) is 4.49. The molecule has 0 aromatic heterocycles. The summed E-state index contributed by atoms with van der Waals surface area (Å²) in [6, 6.07) is 6.88. The van der Waals surface area contributed by atoms with E-state index in [2.05, 4.69) is 25.8 Å². The smallest absolute Gasteiger partial charge is 0.123 e. The lowest BCUT2D eigenvalue weighted by molar-refractivity contribution is 0.339. The van der Waals surface area contributed by atoms with Gasteiger partial charge in [-0.25, -0.2) is 4.39 Å². The fourth-order valence-corrected chi connectivity index (χ4v) is 1.78. The SMILES string of the molecule is CCN(C)CCCC(C)c1ccc(F)cc1. The highest BCUT2D eigenvalue weighted by atomic mass is 19.1. The van der Waals surface area contributed by atoms with Crippen LogP contribution in [-0.4, -0.2) is 25.0 Å². The molecule has 0 aliphatic rings. The monoisotopic (exact) mass is 223 g/mol. The maximum absolute atomic E-state index is 12.7. The minimum atomic E-state index is -0.151. The van der Waals surface area contributed by atoms with Crippen LogP contribution >= 0.6 is 0 Å². The second kappa shape index (κ2) is 6.64. The van der Waals surface area contributed by atoms with Crippen molar-refractivity contribution < 1.29 is 4.39 Å². The number of halogens is 1. The number of nitrogens with zero attached hydrogens (tertiary/aromatic N) is 1. The van der Waals surface area contributed by atoms with E-state index in [4.69, 9.17) is 0 Å². The van der Waals surface area contributed by atoms with Gasteiger partial charge in [0.2, 0.25) is 0 Å². The standard InChI is InChI=1S/C14H22FN/c1-4-16(3)11-5-6-12(2)13-7-9-14(15)10-8-13/h7-10,12H,4-6,11H2,1-3H3. The summed E-state index contributed by atoms with van der Waals surface area (Å²) in [5, 5.41) is 0. The third-order valence-electron chi connectivity index (χ3n) is 3.16. The largest absolute Gasteiger partial charge is 0.307 e. The summed E-state index contributed by atoms with van der Waals surface area (Å²) in [5.74, 6) is 0.368. The van der Waals surface area contributed by atoms with Crippen LogP contribution < -0.4 is 0 Å². The van der Waals surface area contributed by atoms with Crippen molar-refractivity contribution in [2.45, 2.75) is 32.6 Å². The average molecular weight is 223 g/mol. The molecule has 1 rings (SSSR count). The Morgan fingerprint density at radius 1 is 1.25 bits per heavy atom. The highest BCUT2D eigenvalue weighted by molar-refractivity contribution is 5.19. The van der Waals surface area contributed by atoms with Crippen LogP contribution in [0.5, 0.6) is 0 Å². The van der Waals surface area contributed by atoms with Gasteiger partial charge in [0.05, 0.1) is 0 Å². The Hall–Kier alpha value is -0.890. The molecule has 1 unspecified atom stereocenters. The Bertz CT molecular complexity index is 294. The van der Waals surface area contributed by atoms with Gasteiger partial charge in [0.15, 0.2) is 0 Å². The Morgan fingerprint density at radius 3 is 2.44 bits per heavy atom. The Morgan fingerprint density at radius 2 is 1.88 bits per heavy atom. The highest BCUT2D eigenvalue weighted by Crippen LogP contribution is 2.20. The van der Waals surface area contributed by atoms with Crippen molar-refractivity contribution in [3.05, 3.63) is 35.6 Å². The molecular formula is C14H22FN. The Labute approximate surface area is 98.3 Å². The molecule has 1 atom stereocenters. The third kappa shape index (κ3) is 4.31. The minimum absolute atomic E-state index is 0.151. The normalized spacial score (nSPS) is 13.1. The predicted octanol–water partition coefficient (Wildman–Crippen LogP) is 3.66. The van der Waals surface area contributed by atoms with Crippen LogP contribution in [0, 0.1) is 5.82 Å². The lowest BCUT2D eigenvalue weighted by atomic mass is 9.96. The number of hydrogen-bond donors (Lipinski definition) is 0. The van der Waals surface area contributed by atoms with E-state index < -0.39 is 0 Å². The fraction of sp³-hybridized carbons (Fsp3) is 0.571. The lowest BCUT2D eigenvalue weighted by Crippen LogP contribution is -2.19. The Balaban J connectivity index is 2.35. The van der Waals surface area contributed by atoms with Crippen molar-refractivity contribution in [2.24, 2.45) is 0 Å². The first kappa shape index (κ1) is 13.2. The highest BCUT2D eigenvalue weighted by Gasteiger charge is 2.05. The molecule has 90 valence electrons. The molecule has 0 spiro atoms. The molecule has 0 N–H and O–H groups in total. The molecule has 16 heavy (non-hydrogen) atoms. The summed E-state index contributed by atoms with van der Waals surface area (Å²) >= 11 is 0. The zero-order chi connectivity index (χ0) is 12.0. The van der Waals surface area contributed by atoms with Gasteiger partial charge in [0, 0.05) is 0 Å². The van der Waals surface area contributed by atoms with Crippen LogP contribution in [0.25, 0.3) is 0 Å². The van der Waals surface area contributed by atoms with E-state index in [0.717, 1.165) is 19.5 Å². The van der Waals surface area contributed by atoms with Crippen molar-refractivity contribution in [2.75, 3.05) is 20.1 Å². The maximum Gasteiger partial charge on any atom is 0.123 e. The first-order chi connectivity index (χ1) is 7.63. The topological polar surface area (TPSA) is 3.24 Å². The molecule has 0 aliphatic carbocycles. The van der Waals surface area contributed by atoms with E-state index in [1.54, 1.807) is 12.1 Å². The number of rotatable bonds is 6. The molecular weight excluding hydrogens is 201 g/mol. The third-order valence-corrected chi connectivity index (χ3v) is 3.16. The van der Waals surface area contributed by atoms with Crippen LogP contribution in [0.1, 0.15) is 38.2 Å². The van der Waals surface area contributed by atoms with Gasteiger partial charge in [-0.1, -0.05) is 26.0 Å². The van der Waals surface area contributed by atoms with E-state index in [0.29, 0.717) is 5.92 Å². The van der Waals surface area contributed by atoms with E-state index >= 15 is 0 Å². The van der Waals surface area contributed by atoms with Crippen LogP contribution in [0.2, 0.25) is 0 Å². The first-order valence-electron chi connectivity index (χ1n) is 6.07. The van der Waals surface area contributed by atoms with E-state index in [1.807, 2.05) is 12.1 Å². The van der Waals surface area contributed by atoms with Crippen molar-refractivity contribution in [1.29, 1.82) is 0 Å². The quantitative estimate of drug-likeness (QED) is 0.711. The zero-order valence-electron chi connectivity index (χ0n) is 10.5. The first-order valence-corrected chi connectivity index (χ1v) is 6.07. The van der Waals surface area contributed by atoms with Crippen molar-refractivity contribution in [1.82, 2.24) is 4.90 Å². The molecule has 1 aromatic carbocycles. The van der Waals surface area contributed by atoms with Gasteiger partial charge in [-0.05, 0) is 56.6 Å². The summed E-state index contributed by atoms with van der Waals surface area (Å²) in [7, 11) is 2.14. The molecule has 0 aliphatic heterocycles. The van der Waals surface area contributed by atoms with Gasteiger partial charge in [-0.2, -0.15) is 0 Å². The second-order valence-electron chi connectivity index (χ2n) is 4.49. The summed E-state index contributed by atoms with van der Waals surface area (Å²) in [6.45, 7) is 6.62. The lowest BCUT2D eigenvalue weighted by Gasteiger charge is -2.16. The molecule has 0 fully saturated rings.